The van der Waals surface area contributed by atoms with Crippen molar-refractivity contribution in [3.05, 3.63) is 88.9 Å². The van der Waals surface area contributed by atoms with E-state index in [4.69, 9.17) is 16.3 Å². The molecule has 3 aromatic rings. The van der Waals surface area contributed by atoms with Crippen LogP contribution < -0.4 is 14.4 Å². The number of carbonyl (C=O) groups excluding carboxylic acids is 2. The molecule has 0 bridgehead atoms. The Morgan fingerprint density at radius 1 is 1.03 bits per heavy atom. The third-order valence-electron chi connectivity index (χ3n) is 6.18. The van der Waals surface area contributed by atoms with Gasteiger partial charge < -0.3 is 15.0 Å². The molecule has 1 atom stereocenters. The highest BCUT2D eigenvalue weighted by Crippen LogP contribution is 2.28. The van der Waals surface area contributed by atoms with Crippen LogP contribution in [0.15, 0.2) is 77.7 Å². The van der Waals surface area contributed by atoms with Crippen LogP contribution in [0.3, 0.4) is 0 Å². The molecule has 1 N–H and O–H groups in total. The SMILES string of the molecule is CCC(C(=O)NC)N(Cc1cccc(OC)c1)C(=O)CN(c1ccccc1C)S(=O)(=O)c1ccc(Cl)cc1. The van der Waals surface area contributed by atoms with Gasteiger partial charge >= 0.3 is 0 Å². The highest BCUT2D eigenvalue weighted by atomic mass is 35.5. The van der Waals surface area contributed by atoms with Crippen LogP contribution in [0.25, 0.3) is 0 Å². The number of aryl methyl sites for hydroxylation is 1. The van der Waals surface area contributed by atoms with Gasteiger partial charge in [-0.3, -0.25) is 13.9 Å². The Hall–Kier alpha value is -3.56. The molecule has 0 spiro atoms. The lowest BCUT2D eigenvalue weighted by Crippen LogP contribution is -2.51. The monoisotopic (exact) mass is 557 g/mol. The fourth-order valence-electron chi connectivity index (χ4n) is 4.14. The number of ether oxygens (including phenoxy) is 1. The van der Waals surface area contributed by atoms with Gasteiger partial charge in [-0.15, -0.1) is 0 Å². The number of hydrogen-bond donors (Lipinski definition) is 1. The number of likely N-dealkylation sites (N-methyl/N-ethyl adjacent to an activating group) is 1. The number of rotatable bonds is 11. The second kappa shape index (κ2) is 12.8. The molecular formula is C28H32ClN3O5S. The largest absolute Gasteiger partial charge is 0.497 e. The van der Waals surface area contributed by atoms with Crippen LogP contribution in [0, 0.1) is 6.92 Å². The van der Waals surface area contributed by atoms with Crippen molar-refractivity contribution in [3.8, 4) is 5.75 Å². The van der Waals surface area contributed by atoms with Gasteiger partial charge in [-0.25, -0.2) is 8.42 Å². The Morgan fingerprint density at radius 3 is 2.32 bits per heavy atom. The first-order valence-electron chi connectivity index (χ1n) is 12.1. The minimum atomic E-state index is -4.16. The molecule has 0 radical (unpaired) electrons. The molecule has 0 fully saturated rings. The Balaban J connectivity index is 2.07. The first-order chi connectivity index (χ1) is 18.1. The number of anilines is 1. The normalized spacial score (nSPS) is 11.9. The predicted octanol–water partition coefficient (Wildman–Crippen LogP) is 4.41. The fraction of sp³-hybridized carbons (Fsp3) is 0.286. The van der Waals surface area contributed by atoms with Gasteiger partial charge in [0.15, 0.2) is 0 Å². The minimum Gasteiger partial charge on any atom is -0.497 e. The van der Waals surface area contributed by atoms with Crippen molar-refractivity contribution >= 4 is 39.1 Å². The number of benzene rings is 3. The molecular weight excluding hydrogens is 526 g/mol. The van der Waals surface area contributed by atoms with E-state index in [2.05, 4.69) is 5.32 Å². The summed E-state index contributed by atoms with van der Waals surface area (Å²) in [4.78, 5) is 28.1. The standard InChI is InChI=1S/C28H32ClN3O5S/c1-5-25(28(34)30-3)31(18-21-10-8-11-23(17-21)37-4)27(33)19-32(26-12-7-6-9-20(26)2)38(35,36)24-15-13-22(29)14-16-24/h6-17,25H,5,18-19H2,1-4H3,(H,30,34). The zero-order valence-corrected chi connectivity index (χ0v) is 23.4. The van der Waals surface area contributed by atoms with E-state index in [9.17, 15) is 18.0 Å². The van der Waals surface area contributed by atoms with Crippen molar-refractivity contribution in [2.24, 2.45) is 0 Å². The highest BCUT2D eigenvalue weighted by Gasteiger charge is 2.33. The van der Waals surface area contributed by atoms with Gasteiger partial charge in [0.05, 0.1) is 17.7 Å². The molecule has 0 aromatic heterocycles. The Labute approximate surface area is 229 Å². The summed E-state index contributed by atoms with van der Waals surface area (Å²) in [6.45, 7) is 3.16. The zero-order valence-electron chi connectivity index (χ0n) is 21.8. The molecule has 0 saturated carbocycles. The van der Waals surface area contributed by atoms with E-state index in [1.807, 2.05) is 6.07 Å². The molecule has 0 aliphatic heterocycles. The van der Waals surface area contributed by atoms with Crippen molar-refractivity contribution in [1.82, 2.24) is 10.2 Å². The maximum Gasteiger partial charge on any atom is 0.264 e. The summed E-state index contributed by atoms with van der Waals surface area (Å²) < 4.78 is 34.1. The predicted molar refractivity (Wildman–Crippen MR) is 149 cm³/mol. The molecule has 2 amide bonds. The van der Waals surface area contributed by atoms with E-state index in [1.54, 1.807) is 63.4 Å². The summed E-state index contributed by atoms with van der Waals surface area (Å²) in [5.74, 6) is -0.259. The smallest absolute Gasteiger partial charge is 0.264 e. The number of nitrogens with one attached hydrogen (secondary N) is 1. The van der Waals surface area contributed by atoms with E-state index in [0.29, 0.717) is 28.4 Å². The lowest BCUT2D eigenvalue weighted by molar-refractivity contribution is -0.140. The maximum absolute atomic E-state index is 13.9. The fourth-order valence-corrected chi connectivity index (χ4v) is 5.75. The average Bonchev–Trinajstić information content (AvgIpc) is 2.92. The number of carbonyl (C=O) groups is 2. The van der Waals surface area contributed by atoms with Crippen LogP contribution in [0.5, 0.6) is 5.75 Å². The average molecular weight is 558 g/mol. The van der Waals surface area contributed by atoms with Crippen LogP contribution in [-0.2, 0) is 26.2 Å². The lowest BCUT2D eigenvalue weighted by Gasteiger charge is -2.33. The summed E-state index contributed by atoms with van der Waals surface area (Å²) in [5.41, 5.74) is 1.78. The molecule has 202 valence electrons. The second-order valence-electron chi connectivity index (χ2n) is 8.66. The van der Waals surface area contributed by atoms with Gasteiger partial charge in [0.1, 0.15) is 18.3 Å². The third kappa shape index (κ3) is 6.65. The number of nitrogens with zero attached hydrogens (tertiary/aromatic N) is 2. The summed E-state index contributed by atoms with van der Waals surface area (Å²) >= 11 is 5.99. The van der Waals surface area contributed by atoms with Gasteiger partial charge in [-0.05, 0) is 66.9 Å². The van der Waals surface area contributed by atoms with Gasteiger partial charge in [0, 0.05) is 18.6 Å². The molecule has 3 rings (SSSR count). The van der Waals surface area contributed by atoms with Crippen LogP contribution in [0.2, 0.25) is 5.02 Å². The van der Waals surface area contributed by atoms with E-state index >= 15 is 0 Å². The van der Waals surface area contributed by atoms with Crippen LogP contribution in [-0.4, -0.2) is 51.9 Å². The van der Waals surface area contributed by atoms with Crippen molar-refractivity contribution in [2.75, 3.05) is 25.0 Å². The Kier molecular flexibility index (Phi) is 9.77. The van der Waals surface area contributed by atoms with Crippen molar-refractivity contribution in [2.45, 2.75) is 37.8 Å². The molecule has 0 saturated heterocycles. The number of para-hydroxylation sites is 1. The lowest BCUT2D eigenvalue weighted by atomic mass is 10.1. The number of hydrogen-bond acceptors (Lipinski definition) is 5. The second-order valence-corrected chi connectivity index (χ2v) is 11.0. The van der Waals surface area contributed by atoms with Crippen molar-refractivity contribution in [3.63, 3.8) is 0 Å². The minimum absolute atomic E-state index is 0.00404. The molecule has 0 aliphatic carbocycles. The van der Waals surface area contributed by atoms with Gasteiger partial charge in [-0.1, -0.05) is 48.9 Å². The number of methoxy groups -OCH3 is 1. The van der Waals surface area contributed by atoms with Crippen LogP contribution >= 0.6 is 11.6 Å². The number of halogens is 1. The molecule has 8 nitrogen and oxygen atoms in total. The summed E-state index contributed by atoms with van der Waals surface area (Å²) in [5, 5.41) is 3.01. The van der Waals surface area contributed by atoms with Crippen LogP contribution in [0.4, 0.5) is 5.69 Å². The molecule has 0 aliphatic rings. The zero-order chi connectivity index (χ0) is 27.9. The summed E-state index contributed by atoms with van der Waals surface area (Å²) in [6.07, 6.45) is 0.337. The van der Waals surface area contributed by atoms with E-state index in [1.165, 1.54) is 36.2 Å². The molecule has 38 heavy (non-hydrogen) atoms. The first kappa shape index (κ1) is 29.0. The van der Waals surface area contributed by atoms with Gasteiger partial charge in [-0.2, -0.15) is 0 Å². The van der Waals surface area contributed by atoms with E-state index < -0.39 is 28.5 Å². The number of amides is 2. The van der Waals surface area contributed by atoms with E-state index in [0.717, 1.165) is 9.87 Å². The summed E-state index contributed by atoms with van der Waals surface area (Å²) in [6, 6.07) is 19.1. The molecule has 1 unspecified atom stereocenters. The Bertz CT molecular complexity index is 1380. The van der Waals surface area contributed by atoms with Gasteiger partial charge in [0.25, 0.3) is 10.0 Å². The topological polar surface area (TPSA) is 96.0 Å². The Morgan fingerprint density at radius 2 is 1.71 bits per heavy atom. The summed E-state index contributed by atoms with van der Waals surface area (Å²) in [7, 11) is -1.11. The molecule has 3 aromatic carbocycles. The van der Waals surface area contributed by atoms with Gasteiger partial charge in [0.2, 0.25) is 11.8 Å². The third-order valence-corrected chi connectivity index (χ3v) is 8.21. The first-order valence-corrected chi connectivity index (χ1v) is 13.9. The quantitative estimate of drug-likeness (QED) is 0.377. The van der Waals surface area contributed by atoms with E-state index in [-0.39, 0.29) is 17.3 Å². The number of sulfonamides is 1. The maximum atomic E-state index is 13.9. The van der Waals surface area contributed by atoms with Crippen molar-refractivity contribution in [1.29, 1.82) is 0 Å². The molecule has 0 heterocycles. The molecule has 10 heteroatoms. The van der Waals surface area contributed by atoms with Crippen molar-refractivity contribution < 1.29 is 22.7 Å². The highest BCUT2D eigenvalue weighted by molar-refractivity contribution is 7.92. The van der Waals surface area contributed by atoms with Crippen LogP contribution in [0.1, 0.15) is 24.5 Å².